The highest BCUT2D eigenvalue weighted by atomic mass is 32.1. The maximum absolute atomic E-state index is 6.03. The lowest BCUT2D eigenvalue weighted by atomic mass is 10.3. The molecule has 19 heavy (non-hydrogen) atoms. The first-order valence-electron chi connectivity index (χ1n) is 5.99. The van der Waals surface area contributed by atoms with Gasteiger partial charge in [-0.3, -0.25) is 0 Å². The largest absolute Gasteiger partial charge is 0.396 e. The van der Waals surface area contributed by atoms with Crippen LogP contribution in [-0.2, 0) is 6.42 Å². The van der Waals surface area contributed by atoms with E-state index >= 15 is 0 Å². The molecule has 0 radical (unpaired) electrons. The van der Waals surface area contributed by atoms with Crippen molar-refractivity contribution >= 4 is 17.0 Å². The topological polar surface area (TPSA) is 69.6 Å². The quantitative estimate of drug-likeness (QED) is 0.794. The van der Waals surface area contributed by atoms with Gasteiger partial charge in [-0.05, 0) is 24.6 Å². The predicted molar refractivity (Wildman–Crippen MR) is 76.3 cm³/mol. The molecule has 0 aromatic carbocycles. The maximum atomic E-state index is 6.03. The molecule has 0 aliphatic rings. The van der Waals surface area contributed by atoms with Gasteiger partial charge in [0.15, 0.2) is 0 Å². The fourth-order valence-electron chi connectivity index (χ4n) is 1.79. The van der Waals surface area contributed by atoms with Crippen molar-refractivity contribution in [3.05, 3.63) is 41.7 Å². The van der Waals surface area contributed by atoms with Gasteiger partial charge in [0.1, 0.15) is 5.69 Å². The van der Waals surface area contributed by atoms with E-state index in [2.05, 4.69) is 34.1 Å². The zero-order valence-corrected chi connectivity index (χ0v) is 11.3. The molecule has 3 aromatic heterocycles. The SMILES string of the molecule is CCc1ccc(-c2nn(-c3ncccn3)cc2N)s1. The van der Waals surface area contributed by atoms with Crippen LogP contribution < -0.4 is 5.73 Å². The van der Waals surface area contributed by atoms with Gasteiger partial charge in [-0.15, -0.1) is 11.3 Å². The smallest absolute Gasteiger partial charge is 0.250 e. The molecule has 5 nitrogen and oxygen atoms in total. The number of hydrogen-bond donors (Lipinski definition) is 1. The van der Waals surface area contributed by atoms with Gasteiger partial charge in [0.25, 0.3) is 5.95 Å². The van der Waals surface area contributed by atoms with Crippen LogP contribution in [0.2, 0.25) is 0 Å². The lowest BCUT2D eigenvalue weighted by Gasteiger charge is -1.96. The van der Waals surface area contributed by atoms with Crippen molar-refractivity contribution in [2.24, 2.45) is 0 Å². The number of aryl methyl sites for hydroxylation is 1. The van der Waals surface area contributed by atoms with Crippen LogP contribution in [0.1, 0.15) is 11.8 Å². The zero-order chi connectivity index (χ0) is 13.2. The van der Waals surface area contributed by atoms with E-state index in [0.29, 0.717) is 11.6 Å². The molecule has 3 aromatic rings. The van der Waals surface area contributed by atoms with Crippen molar-refractivity contribution in [2.75, 3.05) is 5.73 Å². The molecule has 2 N–H and O–H groups in total. The first kappa shape index (κ1) is 11.9. The molecule has 0 fully saturated rings. The second-order valence-corrected chi connectivity index (χ2v) is 5.21. The van der Waals surface area contributed by atoms with E-state index in [9.17, 15) is 0 Å². The molecule has 0 saturated heterocycles. The van der Waals surface area contributed by atoms with Gasteiger partial charge in [-0.2, -0.15) is 5.10 Å². The Hall–Kier alpha value is -2.21. The van der Waals surface area contributed by atoms with E-state index < -0.39 is 0 Å². The third-order valence-corrected chi connectivity index (χ3v) is 3.98. The van der Waals surface area contributed by atoms with Crippen molar-refractivity contribution < 1.29 is 0 Å². The second kappa shape index (κ2) is 4.81. The Balaban J connectivity index is 2.02. The molecule has 0 bridgehead atoms. The molecule has 0 aliphatic carbocycles. The standard InChI is InChI=1S/C13H13N5S/c1-2-9-4-5-11(19-9)12-10(14)8-18(17-12)13-15-6-3-7-16-13/h3-8H,2,14H2,1H3. The number of rotatable bonds is 3. The Morgan fingerprint density at radius 1 is 1.26 bits per heavy atom. The summed E-state index contributed by atoms with van der Waals surface area (Å²) in [4.78, 5) is 10.7. The van der Waals surface area contributed by atoms with E-state index in [1.165, 1.54) is 4.88 Å². The average molecular weight is 271 g/mol. The third kappa shape index (κ3) is 2.22. The molecule has 0 unspecified atom stereocenters. The highest BCUT2D eigenvalue weighted by Crippen LogP contribution is 2.31. The van der Waals surface area contributed by atoms with E-state index in [-0.39, 0.29) is 0 Å². The van der Waals surface area contributed by atoms with Crippen LogP contribution in [0.4, 0.5) is 5.69 Å². The predicted octanol–water partition coefficient (Wildman–Crippen LogP) is 2.54. The van der Waals surface area contributed by atoms with E-state index in [4.69, 9.17) is 5.73 Å². The molecule has 0 spiro atoms. The first-order chi connectivity index (χ1) is 9.28. The number of nitrogen functional groups attached to an aromatic ring is 1. The zero-order valence-electron chi connectivity index (χ0n) is 10.4. The lowest BCUT2D eigenvalue weighted by Crippen LogP contribution is -2.00. The lowest BCUT2D eigenvalue weighted by molar-refractivity contribution is 0.811. The van der Waals surface area contributed by atoms with Crippen LogP contribution in [0.5, 0.6) is 0 Å². The summed E-state index contributed by atoms with van der Waals surface area (Å²) in [6, 6.07) is 5.93. The fraction of sp³-hybridized carbons (Fsp3) is 0.154. The Morgan fingerprint density at radius 3 is 2.74 bits per heavy atom. The number of hydrogen-bond acceptors (Lipinski definition) is 5. The number of aromatic nitrogens is 4. The molecule has 96 valence electrons. The van der Waals surface area contributed by atoms with Crippen LogP contribution in [0.3, 0.4) is 0 Å². The number of anilines is 1. The Morgan fingerprint density at radius 2 is 2.05 bits per heavy atom. The molecule has 6 heteroatoms. The molecular weight excluding hydrogens is 258 g/mol. The molecule has 0 atom stereocenters. The summed E-state index contributed by atoms with van der Waals surface area (Å²) in [6.07, 6.45) is 6.13. The second-order valence-electron chi connectivity index (χ2n) is 4.05. The molecule has 0 saturated carbocycles. The monoisotopic (exact) mass is 271 g/mol. The summed E-state index contributed by atoms with van der Waals surface area (Å²) in [5, 5.41) is 4.47. The molecule has 0 amide bonds. The summed E-state index contributed by atoms with van der Waals surface area (Å²) in [5.74, 6) is 0.521. The first-order valence-corrected chi connectivity index (χ1v) is 6.81. The van der Waals surface area contributed by atoms with Gasteiger partial charge in [0.05, 0.1) is 16.8 Å². The van der Waals surface area contributed by atoms with Gasteiger partial charge in [0.2, 0.25) is 0 Å². The van der Waals surface area contributed by atoms with Crippen LogP contribution in [0.15, 0.2) is 36.8 Å². The Labute approximate surface area is 114 Å². The summed E-state index contributed by atoms with van der Waals surface area (Å²) in [6.45, 7) is 2.13. The van der Waals surface area contributed by atoms with E-state index in [0.717, 1.165) is 17.0 Å². The fourth-order valence-corrected chi connectivity index (χ4v) is 2.74. The van der Waals surface area contributed by atoms with Crippen LogP contribution >= 0.6 is 11.3 Å². The third-order valence-electron chi connectivity index (χ3n) is 2.74. The number of thiophene rings is 1. The number of nitrogens with zero attached hydrogens (tertiary/aromatic N) is 4. The average Bonchev–Trinajstić information content (AvgIpc) is 3.06. The highest BCUT2D eigenvalue weighted by molar-refractivity contribution is 7.15. The van der Waals surface area contributed by atoms with Gasteiger partial charge < -0.3 is 5.73 Å². The Bertz CT molecular complexity index is 686. The summed E-state index contributed by atoms with van der Waals surface area (Å²) >= 11 is 1.71. The van der Waals surface area contributed by atoms with Gasteiger partial charge in [0, 0.05) is 17.3 Å². The minimum absolute atomic E-state index is 0.521. The maximum Gasteiger partial charge on any atom is 0.250 e. The van der Waals surface area contributed by atoms with Crippen molar-refractivity contribution in [3.63, 3.8) is 0 Å². The van der Waals surface area contributed by atoms with Crippen molar-refractivity contribution in [3.8, 4) is 16.5 Å². The van der Waals surface area contributed by atoms with Gasteiger partial charge >= 0.3 is 0 Å². The van der Waals surface area contributed by atoms with Gasteiger partial charge in [-0.25, -0.2) is 14.6 Å². The van der Waals surface area contributed by atoms with Crippen molar-refractivity contribution in [1.82, 2.24) is 19.7 Å². The molecule has 0 aliphatic heterocycles. The normalized spacial score (nSPS) is 10.8. The summed E-state index contributed by atoms with van der Waals surface area (Å²) < 4.78 is 1.61. The molecular formula is C13H13N5S. The minimum atomic E-state index is 0.521. The van der Waals surface area contributed by atoms with Crippen LogP contribution in [0, 0.1) is 0 Å². The van der Waals surface area contributed by atoms with Crippen molar-refractivity contribution in [2.45, 2.75) is 13.3 Å². The van der Waals surface area contributed by atoms with Crippen LogP contribution in [-0.4, -0.2) is 19.7 Å². The van der Waals surface area contributed by atoms with Crippen LogP contribution in [0.25, 0.3) is 16.5 Å². The minimum Gasteiger partial charge on any atom is -0.396 e. The molecule has 3 rings (SSSR count). The molecule has 3 heterocycles. The van der Waals surface area contributed by atoms with E-state index in [1.54, 1.807) is 40.7 Å². The summed E-state index contributed by atoms with van der Waals surface area (Å²) in [7, 11) is 0. The number of nitrogens with two attached hydrogens (primary N) is 1. The van der Waals surface area contributed by atoms with E-state index in [1.807, 2.05) is 0 Å². The summed E-state index contributed by atoms with van der Waals surface area (Å²) in [5.41, 5.74) is 7.45. The van der Waals surface area contributed by atoms with Gasteiger partial charge in [-0.1, -0.05) is 6.92 Å². The Kier molecular flexibility index (Phi) is 3.00. The highest BCUT2D eigenvalue weighted by Gasteiger charge is 2.12. The van der Waals surface area contributed by atoms with Crippen molar-refractivity contribution in [1.29, 1.82) is 0 Å².